The van der Waals surface area contributed by atoms with Crippen LogP contribution in [0.5, 0.6) is 11.5 Å². The van der Waals surface area contributed by atoms with Crippen LogP contribution in [0.15, 0.2) is 41.8 Å². The van der Waals surface area contributed by atoms with Gasteiger partial charge in [-0.05, 0) is 56.8 Å². The molecule has 0 amide bonds. The Morgan fingerprint density at radius 1 is 1.04 bits per heavy atom. The Bertz CT molecular complexity index is 689. The second-order valence-corrected chi connectivity index (χ2v) is 6.45. The van der Waals surface area contributed by atoms with Gasteiger partial charge in [0.1, 0.15) is 11.5 Å². The molecule has 0 aromatic heterocycles. The molecule has 0 radical (unpaired) electrons. The normalized spacial score (nSPS) is 15.1. The van der Waals surface area contributed by atoms with Crippen molar-refractivity contribution >= 4 is 5.57 Å². The van der Waals surface area contributed by atoms with E-state index in [1.165, 1.54) is 11.1 Å². The van der Waals surface area contributed by atoms with Crippen LogP contribution in [-0.2, 0) is 6.54 Å². The molecular formula is C20H28N2O2. The molecule has 0 atom stereocenters. The van der Waals surface area contributed by atoms with Crippen LogP contribution in [0, 0.1) is 0 Å². The van der Waals surface area contributed by atoms with Crippen molar-refractivity contribution in [3.8, 4) is 11.5 Å². The number of benzene rings is 1. The highest BCUT2D eigenvalue weighted by Crippen LogP contribution is 2.39. The van der Waals surface area contributed by atoms with E-state index in [4.69, 9.17) is 9.47 Å². The van der Waals surface area contributed by atoms with E-state index in [2.05, 4.69) is 48.6 Å². The Balaban J connectivity index is 2.60. The Morgan fingerprint density at radius 2 is 1.58 bits per heavy atom. The lowest BCUT2D eigenvalue weighted by atomic mass is 9.91. The quantitative estimate of drug-likeness (QED) is 0.818. The minimum Gasteiger partial charge on any atom is -0.496 e. The predicted octanol–water partition coefficient (Wildman–Crippen LogP) is 3.90. The molecule has 1 heterocycles. The molecular weight excluding hydrogens is 300 g/mol. The monoisotopic (exact) mass is 328 g/mol. The highest BCUT2D eigenvalue weighted by Gasteiger charge is 2.20. The molecule has 0 saturated heterocycles. The molecule has 1 aromatic carbocycles. The van der Waals surface area contributed by atoms with Crippen molar-refractivity contribution in [2.45, 2.75) is 20.4 Å². The van der Waals surface area contributed by atoms with Gasteiger partial charge in [0.25, 0.3) is 0 Å². The summed E-state index contributed by atoms with van der Waals surface area (Å²) in [6.45, 7) is 9.14. The molecule has 1 aromatic rings. The van der Waals surface area contributed by atoms with Gasteiger partial charge in [0.15, 0.2) is 0 Å². The summed E-state index contributed by atoms with van der Waals surface area (Å²) < 4.78 is 11.3. The Labute approximate surface area is 145 Å². The first-order valence-electron chi connectivity index (χ1n) is 8.01. The minimum atomic E-state index is 0.760. The molecule has 0 spiro atoms. The average Bonchev–Trinajstić information content (AvgIpc) is 2.55. The number of ether oxygens (including phenoxy) is 2. The molecule has 0 N–H and O–H groups in total. The lowest BCUT2D eigenvalue weighted by Crippen LogP contribution is -2.17. The number of rotatable bonds is 5. The molecule has 24 heavy (non-hydrogen) atoms. The summed E-state index contributed by atoms with van der Waals surface area (Å²) in [5.41, 5.74) is 6.76. The van der Waals surface area contributed by atoms with E-state index >= 15 is 0 Å². The maximum absolute atomic E-state index is 5.65. The van der Waals surface area contributed by atoms with Crippen LogP contribution < -0.4 is 9.47 Å². The summed E-state index contributed by atoms with van der Waals surface area (Å²) in [5, 5.41) is 0. The number of allylic oxidation sites excluding steroid dienone is 3. The number of nitrogens with zero attached hydrogens (tertiary/aromatic N) is 2. The number of hydrogen-bond acceptors (Lipinski definition) is 4. The minimum absolute atomic E-state index is 0.760. The molecule has 0 bridgehead atoms. The molecule has 0 fully saturated rings. The summed E-state index contributed by atoms with van der Waals surface area (Å²) in [4.78, 5) is 4.16. The van der Waals surface area contributed by atoms with Crippen LogP contribution in [0.3, 0.4) is 0 Å². The van der Waals surface area contributed by atoms with Gasteiger partial charge in [0.05, 0.1) is 19.8 Å². The van der Waals surface area contributed by atoms with Gasteiger partial charge in [-0.15, -0.1) is 0 Å². The van der Waals surface area contributed by atoms with Gasteiger partial charge in [-0.2, -0.15) is 0 Å². The van der Waals surface area contributed by atoms with Gasteiger partial charge in [-0.25, -0.2) is 0 Å². The highest BCUT2D eigenvalue weighted by atomic mass is 16.5. The van der Waals surface area contributed by atoms with E-state index in [0.717, 1.165) is 40.4 Å². The standard InChI is InChI=1S/C20H28N2O2/c1-13-14(2)17(12-22(6)15(13)3)16-9-19(23-7)18(11-21(4)5)20(10-16)24-8/h9-10,12H,3,11H2,1-2,4-8H3. The van der Waals surface area contributed by atoms with Crippen molar-refractivity contribution in [1.82, 2.24) is 9.80 Å². The SMILES string of the molecule is C=C1C(C)=C(C)C(c2cc(OC)c(CN(C)C)c(OC)c2)=CN1C. The zero-order valence-corrected chi connectivity index (χ0v) is 15.9. The van der Waals surface area contributed by atoms with Gasteiger partial charge in [0, 0.05) is 31.1 Å². The van der Waals surface area contributed by atoms with Crippen molar-refractivity contribution < 1.29 is 9.47 Å². The zero-order valence-electron chi connectivity index (χ0n) is 15.9. The second-order valence-electron chi connectivity index (χ2n) is 6.45. The molecule has 0 aliphatic carbocycles. The lowest BCUT2D eigenvalue weighted by molar-refractivity contribution is 0.348. The van der Waals surface area contributed by atoms with Crippen LogP contribution in [0.4, 0.5) is 0 Å². The molecule has 1 aliphatic rings. The second kappa shape index (κ2) is 7.14. The van der Waals surface area contributed by atoms with Crippen molar-refractivity contribution in [1.29, 1.82) is 0 Å². The van der Waals surface area contributed by atoms with E-state index in [9.17, 15) is 0 Å². The van der Waals surface area contributed by atoms with E-state index in [1.807, 2.05) is 21.1 Å². The van der Waals surface area contributed by atoms with Gasteiger partial charge in [0.2, 0.25) is 0 Å². The lowest BCUT2D eigenvalue weighted by Gasteiger charge is -2.28. The first-order chi connectivity index (χ1) is 11.3. The third-order valence-corrected chi connectivity index (χ3v) is 4.54. The number of hydrogen-bond donors (Lipinski definition) is 0. The maximum Gasteiger partial charge on any atom is 0.127 e. The average molecular weight is 328 g/mol. The molecule has 4 heteroatoms. The van der Waals surface area contributed by atoms with Gasteiger partial charge in [-0.1, -0.05) is 6.58 Å². The first-order valence-corrected chi connectivity index (χ1v) is 8.01. The van der Waals surface area contributed by atoms with Crippen molar-refractivity contribution in [3.63, 3.8) is 0 Å². The van der Waals surface area contributed by atoms with Crippen molar-refractivity contribution in [3.05, 3.63) is 52.9 Å². The van der Waals surface area contributed by atoms with Crippen molar-refractivity contribution in [2.75, 3.05) is 35.4 Å². The molecule has 130 valence electrons. The molecule has 4 nitrogen and oxygen atoms in total. The van der Waals surface area contributed by atoms with Crippen molar-refractivity contribution in [2.24, 2.45) is 0 Å². The summed E-state index contributed by atoms with van der Waals surface area (Å²) >= 11 is 0. The summed E-state index contributed by atoms with van der Waals surface area (Å²) in [5.74, 6) is 1.69. The molecule has 2 rings (SSSR count). The van der Waals surface area contributed by atoms with Crippen LogP contribution >= 0.6 is 0 Å². The summed E-state index contributed by atoms with van der Waals surface area (Å²) in [7, 11) is 9.50. The summed E-state index contributed by atoms with van der Waals surface area (Å²) in [6.07, 6.45) is 2.12. The van der Waals surface area contributed by atoms with E-state index in [-0.39, 0.29) is 0 Å². The third-order valence-electron chi connectivity index (χ3n) is 4.54. The Hall–Kier alpha value is -2.20. The Kier molecular flexibility index (Phi) is 5.40. The predicted molar refractivity (Wildman–Crippen MR) is 100 cm³/mol. The fourth-order valence-corrected chi connectivity index (χ4v) is 2.95. The maximum atomic E-state index is 5.65. The Morgan fingerprint density at radius 3 is 2.04 bits per heavy atom. The number of methoxy groups -OCH3 is 2. The van der Waals surface area contributed by atoms with Crippen LogP contribution in [0.25, 0.3) is 5.57 Å². The third kappa shape index (κ3) is 3.34. The van der Waals surface area contributed by atoms with Crippen LogP contribution in [0.2, 0.25) is 0 Å². The first kappa shape index (κ1) is 18.1. The smallest absolute Gasteiger partial charge is 0.127 e. The van der Waals surface area contributed by atoms with Crippen LogP contribution in [-0.4, -0.2) is 45.2 Å². The fourth-order valence-electron chi connectivity index (χ4n) is 2.95. The van der Waals surface area contributed by atoms with E-state index in [1.54, 1.807) is 14.2 Å². The van der Waals surface area contributed by atoms with Gasteiger partial charge >= 0.3 is 0 Å². The van der Waals surface area contributed by atoms with Gasteiger partial charge in [-0.3, -0.25) is 0 Å². The topological polar surface area (TPSA) is 24.9 Å². The largest absolute Gasteiger partial charge is 0.496 e. The number of likely N-dealkylation sites (N-methyl/N-ethyl adjacent to an activating group) is 1. The molecule has 1 aliphatic heterocycles. The molecule has 0 saturated carbocycles. The van der Waals surface area contributed by atoms with Gasteiger partial charge < -0.3 is 19.3 Å². The molecule has 0 unspecified atom stereocenters. The fraction of sp³-hybridized carbons (Fsp3) is 0.400. The van der Waals surface area contributed by atoms with E-state index < -0.39 is 0 Å². The zero-order chi connectivity index (χ0) is 18.0. The highest BCUT2D eigenvalue weighted by molar-refractivity contribution is 5.83. The van der Waals surface area contributed by atoms with Crippen LogP contribution in [0.1, 0.15) is 25.0 Å². The summed E-state index contributed by atoms with van der Waals surface area (Å²) in [6, 6.07) is 4.18. The van der Waals surface area contributed by atoms with E-state index in [0.29, 0.717) is 0 Å².